The van der Waals surface area contributed by atoms with E-state index in [1.54, 1.807) is 7.11 Å². The van der Waals surface area contributed by atoms with Gasteiger partial charge in [-0.15, -0.1) is 0 Å². The Morgan fingerprint density at radius 2 is 2.28 bits per heavy atom. The van der Waals surface area contributed by atoms with Crippen molar-refractivity contribution in [2.75, 3.05) is 46.7 Å². The van der Waals surface area contributed by atoms with Crippen molar-refractivity contribution >= 4 is 5.91 Å². The van der Waals surface area contributed by atoms with Crippen molar-refractivity contribution in [3.63, 3.8) is 0 Å². The first-order valence-corrected chi connectivity index (χ1v) is 8.87. The second kappa shape index (κ2) is 8.17. The number of morpholine rings is 1. The average molecular weight is 349 g/mol. The van der Waals surface area contributed by atoms with Gasteiger partial charge in [0.15, 0.2) is 0 Å². The van der Waals surface area contributed by atoms with Gasteiger partial charge in [0, 0.05) is 19.6 Å². The lowest BCUT2D eigenvalue weighted by atomic mass is 9.92. The van der Waals surface area contributed by atoms with Crippen molar-refractivity contribution in [2.24, 2.45) is 0 Å². The van der Waals surface area contributed by atoms with Gasteiger partial charge in [-0.1, -0.05) is 12.1 Å². The van der Waals surface area contributed by atoms with Gasteiger partial charge in [0.2, 0.25) is 5.91 Å². The van der Waals surface area contributed by atoms with Crippen LogP contribution in [0.3, 0.4) is 0 Å². The summed E-state index contributed by atoms with van der Waals surface area (Å²) < 4.78 is 22.3. The van der Waals surface area contributed by atoms with E-state index in [0.717, 1.165) is 17.7 Å². The zero-order valence-electron chi connectivity index (χ0n) is 15.0. The van der Waals surface area contributed by atoms with E-state index in [2.05, 4.69) is 0 Å². The van der Waals surface area contributed by atoms with Crippen molar-refractivity contribution in [2.45, 2.75) is 31.4 Å². The fraction of sp³-hybridized carbons (Fsp3) is 0.632. The second-order valence-corrected chi connectivity index (χ2v) is 6.65. The summed E-state index contributed by atoms with van der Waals surface area (Å²) in [4.78, 5) is 15.0. The number of amides is 1. The molecule has 6 heteroatoms. The summed E-state index contributed by atoms with van der Waals surface area (Å²) in [7, 11) is 1.63. The van der Waals surface area contributed by atoms with E-state index in [-0.39, 0.29) is 17.6 Å². The van der Waals surface area contributed by atoms with Crippen molar-refractivity contribution in [1.29, 1.82) is 0 Å². The summed E-state index contributed by atoms with van der Waals surface area (Å²) in [6, 6.07) is 7.66. The lowest BCUT2D eigenvalue weighted by molar-refractivity contribution is -0.148. The number of rotatable bonds is 6. The van der Waals surface area contributed by atoms with Crippen LogP contribution in [-0.2, 0) is 25.4 Å². The normalized spacial score (nSPS) is 26.2. The minimum absolute atomic E-state index is 0.0220. The zero-order valence-corrected chi connectivity index (χ0v) is 15.0. The molecule has 0 saturated carbocycles. The van der Waals surface area contributed by atoms with Crippen molar-refractivity contribution < 1.29 is 23.7 Å². The summed E-state index contributed by atoms with van der Waals surface area (Å²) >= 11 is 0. The van der Waals surface area contributed by atoms with Crippen LogP contribution in [0.5, 0.6) is 5.75 Å². The Morgan fingerprint density at radius 1 is 1.40 bits per heavy atom. The monoisotopic (exact) mass is 349 g/mol. The summed E-state index contributed by atoms with van der Waals surface area (Å²) in [6.45, 7) is 5.42. The van der Waals surface area contributed by atoms with Gasteiger partial charge < -0.3 is 23.8 Å². The number of hydrogen-bond donors (Lipinski definition) is 0. The van der Waals surface area contributed by atoms with Crippen LogP contribution in [0.1, 0.15) is 18.9 Å². The maximum absolute atomic E-state index is 13.0. The zero-order chi connectivity index (χ0) is 17.7. The van der Waals surface area contributed by atoms with Crippen LogP contribution in [0.4, 0.5) is 0 Å². The summed E-state index contributed by atoms with van der Waals surface area (Å²) in [6.07, 6.45) is 1.14. The van der Waals surface area contributed by atoms with Crippen molar-refractivity contribution in [3.8, 4) is 5.75 Å². The van der Waals surface area contributed by atoms with Crippen LogP contribution in [0.2, 0.25) is 0 Å². The van der Waals surface area contributed by atoms with Crippen molar-refractivity contribution in [1.82, 2.24) is 4.90 Å². The number of carbonyl (C=O) groups excluding carboxylic acids is 1. The fourth-order valence-corrected chi connectivity index (χ4v) is 3.63. The SMILES string of the molecule is CCOC[C@@H]1C[C@@]2(COCCN2C(=O)Cc2cccc(OC)c2)CO1. The smallest absolute Gasteiger partial charge is 0.227 e. The maximum atomic E-state index is 13.0. The highest BCUT2D eigenvalue weighted by Gasteiger charge is 2.48. The van der Waals surface area contributed by atoms with E-state index in [1.165, 1.54) is 0 Å². The fourth-order valence-electron chi connectivity index (χ4n) is 3.63. The molecular formula is C19H27NO5. The number of nitrogens with zero attached hydrogens (tertiary/aromatic N) is 1. The van der Waals surface area contributed by atoms with E-state index in [4.69, 9.17) is 18.9 Å². The number of hydrogen-bond acceptors (Lipinski definition) is 5. The molecular weight excluding hydrogens is 322 g/mol. The van der Waals surface area contributed by atoms with E-state index in [9.17, 15) is 4.79 Å². The van der Waals surface area contributed by atoms with Gasteiger partial charge in [0.1, 0.15) is 5.75 Å². The van der Waals surface area contributed by atoms with Crippen LogP contribution in [-0.4, -0.2) is 69.1 Å². The molecule has 2 heterocycles. The number of carbonyl (C=O) groups is 1. The largest absolute Gasteiger partial charge is 0.497 e. The summed E-state index contributed by atoms with van der Waals surface area (Å²) in [5, 5.41) is 0. The molecule has 0 N–H and O–H groups in total. The third-order valence-corrected chi connectivity index (χ3v) is 4.90. The van der Waals surface area contributed by atoms with Gasteiger partial charge in [-0.25, -0.2) is 0 Å². The van der Waals surface area contributed by atoms with Crippen LogP contribution in [0, 0.1) is 0 Å². The maximum Gasteiger partial charge on any atom is 0.227 e. The van der Waals surface area contributed by atoms with E-state index < -0.39 is 0 Å². The van der Waals surface area contributed by atoms with Gasteiger partial charge in [-0.3, -0.25) is 4.79 Å². The molecule has 2 aliphatic rings. The number of benzene rings is 1. The molecule has 0 aromatic heterocycles. The molecule has 0 unspecified atom stereocenters. The molecule has 2 atom stereocenters. The Balaban J connectivity index is 1.69. The molecule has 138 valence electrons. The first kappa shape index (κ1) is 18.2. The Hall–Kier alpha value is -1.63. The van der Waals surface area contributed by atoms with E-state index >= 15 is 0 Å². The molecule has 1 amide bonds. The predicted octanol–water partition coefficient (Wildman–Crippen LogP) is 1.66. The predicted molar refractivity (Wildman–Crippen MR) is 92.8 cm³/mol. The van der Waals surface area contributed by atoms with Crippen LogP contribution < -0.4 is 4.74 Å². The van der Waals surface area contributed by atoms with Crippen LogP contribution in [0.25, 0.3) is 0 Å². The molecule has 3 rings (SSSR count). The van der Waals surface area contributed by atoms with Gasteiger partial charge in [-0.2, -0.15) is 0 Å². The van der Waals surface area contributed by atoms with E-state index in [0.29, 0.717) is 46.0 Å². The van der Waals surface area contributed by atoms with E-state index in [1.807, 2.05) is 36.1 Å². The lowest BCUT2D eigenvalue weighted by Crippen LogP contribution is -2.60. The highest BCUT2D eigenvalue weighted by molar-refractivity contribution is 5.80. The van der Waals surface area contributed by atoms with Gasteiger partial charge in [-0.05, 0) is 24.6 Å². The first-order chi connectivity index (χ1) is 12.2. The third kappa shape index (κ3) is 4.14. The highest BCUT2D eigenvalue weighted by atomic mass is 16.5. The van der Waals surface area contributed by atoms with Gasteiger partial charge >= 0.3 is 0 Å². The summed E-state index contributed by atoms with van der Waals surface area (Å²) in [5.74, 6) is 0.875. The molecule has 0 radical (unpaired) electrons. The number of methoxy groups -OCH3 is 1. The van der Waals surface area contributed by atoms with Gasteiger partial charge in [0.05, 0.1) is 51.6 Å². The lowest BCUT2D eigenvalue weighted by Gasteiger charge is -2.43. The summed E-state index contributed by atoms with van der Waals surface area (Å²) in [5.41, 5.74) is 0.589. The molecule has 1 aromatic carbocycles. The van der Waals surface area contributed by atoms with Crippen LogP contribution in [0.15, 0.2) is 24.3 Å². The Kier molecular flexibility index (Phi) is 5.93. The number of ether oxygens (including phenoxy) is 4. The molecule has 25 heavy (non-hydrogen) atoms. The quantitative estimate of drug-likeness (QED) is 0.782. The standard InChI is InChI=1S/C19H27NO5/c1-3-23-12-17-11-19(14-25-17)13-24-8-7-20(19)18(21)10-15-5-4-6-16(9-15)22-2/h4-6,9,17H,3,7-8,10-14H2,1-2H3/t17-,19+/m0/s1. The minimum atomic E-state index is -0.365. The Morgan fingerprint density at radius 3 is 3.08 bits per heavy atom. The molecule has 0 aliphatic carbocycles. The molecule has 1 spiro atoms. The third-order valence-electron chi connectivity index (χ3n) is 4.90. The average Bonchev–Trinajstić information content (AvgIpc) is 3.03. The topological polar surface area (TPSA) is 57.2 Å². The Labute approximate surface area is 149 Å². The van der Waals surface area contributed by atoms with Gasteiger partial charge in [0.25, 0.3) is 0 Å². The molecule has 2 aliphatic heterocycles. The molecule has 2 fully saturated rings. The second-order valence-electron chi connectivity index (χ2n) is 6.65. The minimum Gasteiger partial charge on any atom is -0.497 e. The molecule has 1 aromatic rings. The molecule has 0 bridgehead atoms. The van der Waals surface area contributed by atoms with Crippen LogP contribution >= 0.6 is 0 Å². The van der Waals surface area contributed by atoms with Crippen molar-refractivity contribution in [3.05, 3.63) is 29.8 Å². The highest BCUT2D eigenvalue weighted by Crippen LogP contribution is 2.33. The Bertz CT molecular complexity index is 593. The molecule has 6 nitrogen and oxygen atoms in total. The molecule has 2 saturated heterocycles. The first-order valence-electron chi connectivity index (χ1n) is 8.87.